The van der Waals surface area contributed by atoms with Gasteiger partial charge in [-0.25, -0.2) is 0 Å². The van der Waals surface area contributed by atoms with E-state index in [1.54, 1.807) is 14.2 Å². The number of nitrogens with one attached hydrogen (secondary N) is 1. The molecule has 192 valence electrons. The van der Waals surface area contributed by atoms with Crippen LogP contribution in [0.3, 0.4) is 0 Å². The van der Waals surface area contributed by atoms with Gasteiger partial charge in [0.2, 0.25) is 0 Å². The van der Waals surface area contributed by atoms with Crippen molar-refractivity contribution in [1.29, 1.82) is 0 Å². The second-order valence-corrected chi connectivity index (χ2v) is 9.82. The molecule has 0 amide bonds. The molecular weight excluding hydrogens is 446 g/mol. The maximum Gasteiger partial charge on any atom is 0.127 e. The molecule has 0 radical (unpaired) electrons. The summed E-state index contributed by atoms with van der Waals surface area (Å²) in [6, 6.07) is 23.4. The Kier molecular flexibility index (Phi) is 10.1. The number of ether oxygens (including phenoxy) is 3. The van der Waals surface area contributed by atoms with Crippen molar-refractivity contribution in [2.75, 3.05) is 20.8 Å². The van der Waals surface area contributed by atoms with Crippen LogP contribution in [0.15, 0.2) is 66.7 Å². The van der Waals surface area contributed by atoms with E-state index in [0.29, 0.717) is 6.61 Å². The van der Waals surface area contributed by atoms with Crippen LogP contribution in [0.25, 0.3) is 0 Å². The first-order chi connectivity index (χ1) is 17.7. The first-order valence-electron chi connectivity index (χ1n) is 13.5. The van der Waals surface area contributed by atoms with Gasteiger partial charge in [-0.3, -0.25) is 0 Å². The van der Waals surface area contributed by atoms with Gasteiger partial charge in [0.25, 0.3) is 0 Å². The molecule has 0 atom stereocenters. The highest BCUT2D eigenvalue weighted by molar-refractivity contribution is 5.41. The predicted molar refractivity (Wildman–Crippen MR) is 147 cm³/mol. The van der Waals surface area contributed by atoms with Gasteiger partial charge in [0.1, 0.15) is 23.9 Å². The molecule has 36 heavy (non-hydrogen) atoms. The van der Waals surface area contributed by atoms with Crippen molar-refractivity contribution in [3.05, 3.63) is 89.0 Å². The fraction of sp³-hybridized carbons (Fsp3) is 0.438. The molecule has 4 nitrogen and oxygen atoms in total. The zero-order valence-electron chi connectivity index (χ0n) is 21.9. The van der Waals surface area contributed by atoms with E-state index in [4.69, 9.17) is 14.2 Å². The Morgan fingerprint density at radius 1 is 0.722 bits per heavy atom. The fourth-order valence-electron chi connectivity index (χ4n) is 5.05. The van der Waals surface area contributed by atoms with E-state index in [1.165, 1.54) is 61.6 Å². The molecule has 0 heterocycles. The number of rotatable bonds is 11. The molecule has 0 unspecified atom stereocenters. The molecule has 0 bridgehead atoms. The van der Waals surface area contributed by atoms with Crippen LogP contribution in [-0.4, -0.2) is 20.8 Å². The molecule has 0 aromatic heterocycles. The van der Waals surface area contributed by atoms with Gasteiger partial charge in [0, 0.05) is 18.2 Å². The highest BCUT2D eigenvalue weighted by Crippen LogP contribution is 2.31. The number of methoxy groups -OCH3 is 2. The second-order valence-electron chi connectivity index (χ2n) is 9.82. The van der Waals surface area contributed by atoms with Crippen LogP contribution < -0.4 is 19.5 Å². The lowest BCUT2D eigenvalue weighted by Crippen LogP contribution is -2.17. The van der Waals surface area contributed by atoms with Gasteiger partial charge in [-0.05, 0) is 66.6 Å². The van der Waals surface area contributed by atoms with Crippen molar-refractivity contribution in [3.8, 4) is 17.2 Å². The zero-order chi connectivity index (χ0) is 25.0. The molecule has 1 N–H and O–H groups in total. The van der Waals surface area contributed by atoms with Crippen LogP contribution in [-0.2, 0) is 19.6 Å². The standard InChI is InChI=1S/C32H41NO3/c1-34-30-17-12-25(13-18-30)20-21-33-23-29-16-19-31(22-32(29)35-2)36-24-26-10-14-28(15-11-26)27-8-6-4-3-5-7-9-27/h10-19,22,27,33H,3-9,20-21,23-24H2,1-2H3. The lowest BCUT2D eigenvalue weighted by atomic mass is 9.86. The van der Waals surface area contributed by atoms with Crippen LogP contribution in [0.4, 0.5) is 0 Å². The van der Waals surface area contributed by atoms with Crippen LogP contribution in [0, 0.1) is 0 Å². The van der Waals surface area contributed by atoms with Gasteiger partial charge in [0.15, 0.2) is 0 Å². The van der Waals surface area contributed by atoms with Crippen LogP contribution in [0.2, 0.25) is 0 Å². The highest BCUT2D eigenvalue weighted by atomic mass is 16.5. The van der Waals surface area contributed by atoms with Crippen molar-refractivity contribution >= 4 is 0 Å². The average Bonchev–Trinajstić information content (AvgIpc) is 2.91. The topological polar surface area (TPSA) is 39.7 Å². The minimum atomic E-state index is 0.563. The largest absolute Gasteiger partial charge is 0.497 e. The number of hydrogen-bond acceptors (Lipinski definition) is 4. The van der Waals surface area contributed by atoms with Crippen molar-refractivity contribution < 1.29 is 14.2 Å². The van der Waals surface area contributed by atoms with Crippen LogP contribution in [0.5, 0.6) is 17.2 Å². The molecule has 3 aromatic carbocycles. The molecule has 1 saturated carbocycles. The Morgan fingerprint density at radius 3 is 2.08 bits per heavy atom. The zero-order valence-corrected chi connectivity index (χ0v) is 21.9. The van der Waals surface area contributed by atoms with E-state index in [1.807, 2.05) is 24.3 Å². The lowest BCUT2D eigenvalue weighted by Gasteiger charge is -2.20. The second kappa shape index (κ2) is 13.9. The van der Waals surface area contributed by atoms with E-state index >= 15 is 0 Å². The van der Waals surface area contributed by atoms with Crippen molar-refractivity contribution in [1.82, 2.24) is 5.32 Å². The van der Waals surface area contributed by atoms with E-state index < -0.39 is 0 Å². The summed E-state index contributed by atoms with van der Waals surface area (Å²) >= 11 is 0. The summed E-state index contributed by atoms with van der Waals surface area (Å²) in [7, 11) is 3.41. The summed E-state index contributed by atoms with van der Waals surface area (Å²) in [5.41, 5.74) is 5.11. The maximum atomic E-state index is 6.10. The highest BCUT2D eigenvalue weighted by Gasteiger charge is 2.13. The van der Waals surface area contributed by atoms with Crippen LogP contribution in [0.1, 0.15) is 73.1 Å². The molecule has 0 aliphatic heterocycles. The Bertz CT molecular complexity index is 1040. The smallest absolute Gasteiger partial charge is 0.127 e. The van der Waals surface area contributed by atoms with Gasteiger partial charge in [0.05, 0.1) is 14.2 Å². The molecule has 0 spiro atoms. The summed E-state index contributed by atoms with van der Waals surface area (Å²) < 4.78 is 17.0. The fourth-order valence-corrected chi connectivity index (χ4v) is 5.05. The number of hydrogen-bond donors (Lipinski definition) is 1. The minimum absolute atomic E-state index is 0.563. The average molecular weight is 488 g/mol. The third-order valence-electron chi connectivity index (χ3n) is 7.29. The number of benzene rings is 3. The van der Waals surface area contributed by atoms with E-state index in [0.717, 1.165) is 48.2 Å². The van der Waals surface area contributed by atoms with Crippen LogP contribution >= 0.6 is 0 Å². The third kappa shape index (κ3) is 7.76. The molecular formula is C32H41NO3. The predicted octanol–water partition coefficient (Wildman–Crippen LogP) is 7.44. The first kappa shape index (κ1) is 26.1. The lowest BCUT2D eigenvalue weighted by molar-refractivity contribution is 0.303. The Hall–Kier alpha value is -2.98. The summed E-state index contributed by atoms with van der Waals surface area (Å²) in [4.78, 5) is 0. The molecule has 1 aliphatic rings. The Balaban J connectivity index is 1.24. The normalized spacial score (nSPS) is 14.6. The molecule has 0 saturated heterocycles. The molecule has 4 rings (SSSR count). The van der Waals surface area contributed by atoms with Gasteiger partial charge in [-0.15, -0.1) is 0 Å². The van der Waals surface area contributed by atoms with Gasteiger partial charge < -0.3 is 19.5 Å². The molecule has 4 heteroatoms. The van der Waals surface area contributed by atoms with E-state index in [9.17, 15) is 0 Å². The van der Waals surface area contributed by atoms with E-state index in [2.05, 4.69) is 47.8 Å². The SMILES string of the molecule is COc1ccc(CCNCc2ccc(OCc3ccc(C4CCCCCCC4)cc3)cc2OC)cc1. The molecule has 3 aromatic rings. The minimum Gasteiger partial charge on any atom is -0.497 e. The molecule has 1 aliphatic carbocycles. The molecule has 1 fully saturated rings. The first-order valence-corrected chi connectivity index (χ1v) is 13.5. The van der Waals surface area contributed by atoms with Gasteiger partial charge in [-0.2, -0.15) is 0 Å². The Morgan fingerprint density at radius 2 is 1.39 bits per heavy atom. The van der Waals surface area contributed by atoms with Gasteiger partial charge >= 0.3 is 0 Å². The van der Waals surface area contributed by atoms with Crippen molar-refractivity contribution in [2.45, 2.75) is 70.4 Å². The third-order valence-corrected chi connectivity index (χ3v) is 7.29. The summed E-state index contributed by atoms with van der Waals surface area (Å²) in [6.45, 7) is 2.21. The monoisotopic (exact) mass is 487 g/mol. The van der Waals surface area contributed by atoms with Crippen molar-refractivity contribution in [3.63, 3.8) is 0 Å². The quantitative estimate of drug-likeness (QED) is 0.285. The van der Waals surface area contributed by atoms with Gasteiger partial charge in [-0.1, -0.05) is 74.6 Å². The Labute approximate surface area is 217 Å². The van der Waals surface area contributed by atoms with Crippen molar-refractivity contribution in [2.24, 2.45) is 0 Å². The summed E-state index contributed by atoms with van der Waals surface area (Å²) in [5.74, 6) is 3.30. The van der Waals surface area contributed by atoms with E-state index in [-0.39, 0.29) is 0 Å². The summed E-state index contributed by atoms with van der Waals surface area (Å²) in [6.07, 6.45) is 10.6. The maximum absolute atomic E-state index is 6.10. The summed E-state index contributed by atoms with van der Waals surface area (Å²) in [5, 5.41) is 3.52.